The predicted octanol–water partition coefficient (Wildman–Crippen LogP) is 4.11. The Kier molecular flexibility index (Phi) is 5.42. The molecule has 0 unspecified atom stereocenters. The van der Waals surface area contributed by atoms with E-state index in [2.05, 4.69) is 9.97 Å². The van der Waals surface area contributed by atoms with Gasteiger partial charge in [-0.15, -0.1) is 0 Å². The molecule has 0 fully saturated rings. The van der Waals surface area contributed by atoms with Crippen LogP contribution in [0.4, 0.5) is 0 Å². The summed E-state index contributed by atoms with van der Waals surface area (Å²) >= 11 is 0. The van der Waals surface area contributed by atoms with E-state index in [1.165, 1.54) is 0 Å². The zero-order valence-corrected chi connectivity index (χ0v) is 13.7. The van der Waals surface area contributed by atoms with E-state index in [-0.39, 0.29) is 30.3 Å². The fourth-order valence-electron chi connectivity index (χ4n) is 2.79. The molecule has 0 N–H and O–H groups in total. The van der Waals surface area contributed by atoms with Gasteiger partial charge < -0.3 is 0 Å². The van der Waals surface area contributed by atoms with Crippen LogP contribution in [0.25, 0.3) is 0 Å². The molecule has 4 nitrogen and oxygen atoms in total. The summed E-state index contributed by atoms with van der Waals surface area (Å²) in [5.41, 5.74) is 2.23. The van der Waals surface area contributed by atoms with Gasteiger partial charge in [0.2, 0.25) is 0 Å². The van der Waals surface area contributed by atoms with Crippen LogP contribution in [0.5, 0.6) is 0 Å². The van der Waals surface area contributed by atoms with E-state index in [4.69, 9.17) is 0 Å². The molecule has 0 aliphatic rings. The zero-order valence-electron chi connectivity index (χ0n) is 13.7. The molecule has 0 aliphatic carbocycles. The zero-order chi connectivity index (χ0) is 17.5. The van der Waals surface area contributed by atoms with Crippen molar-refractivity contribution in [2.75, 3.05) is 0 Å². The van der Waals surface area contributed by atoms with Crippen molar-refractivity contribution >= 4 is 11.6 Å². The van der Waals surface area contributed by atoms with Crippen LogP contribution in [0, 0.1) is 0 Å². The van der Waals surface area contributed by atoms with Gasteiger partial charge in [0, 0.05) is 48.8 Å². The molecule has 0 saturated carbocycles. The van der Waals surface area contributed by atoms with Gasteiger partial charge in [-0.2, -0.15) is 0 Å². The molecule has 0 bridgehead atoms. The van der Waals surface area contributed by atoms with E-state index in [0.717, 1.165) is 5.56 Å². The van der Waals surface area contributed by atoms with E-state index in [1.807, 2.05) is 30.3 Å². The van der Waals surface area contributed by atoms with Crippen molar-refractivity contribution in [1.82, 2.24) is 9.97 Å². The Labute approximate surface area is 146 Å². The number of pyridine rings is 2. The van der Waals surface area contributed by atoms with Gasteiger partial charge in [-0.1, -0.05) is 30.3 Å². The normalized spacial score (nSPS) is 10.6. The third-order valence-electron chi connectivity index (χ3n) is 4.14. The number of hydrogen-bond acceptors (Lipinski definition) is 4. The number of benzene rings is 1. The van der Waals surface area contributed by atoms with Gasteiger partial charge in [-0.25, -0.2) is 0 Å². The topological polar surface area (TPSA) is 59.9 Å². The highest BCUT2D eigenvalue weighted by atomic mass is 16.1. The molecule has 0 amide bonds. The molecule has 1 aromatic carbocycles. The van der Waals surface area contributed by atoms with Crippen molar-refractivity contribution < 1.29 is 9.59 Å². The molecular formula is C21H18N2O2. The van der Waals surface area contributed by atoms with Crippen molar-refractivity contribution in [2.45, 2.75) is 18.8 Å². The number of hydrogen-bond donors (Lipinski definition) is 0. The fraction of sp³-hybridized carbons (Fsp3) is 0.143. The quantitative estimate of drug-likeness (QED) is 0.612. The second kappa shape index (κ2) is 8.11. The lowest BCUT2D eigenvalue weighted by Crippen LogP contribution is -2.13. The molecule has 2 aromatic heterocycles. The molecule has 0 radical (unpaired) electrons. The Balaban J connectivity index is 1.81. The van der Waals surface area contributed by atoms with E-state index in [0.29, 0.717) is 11.1 Å². The minimum Gasteiger partial charge on any atom is -0.294 e. The SMILES string of the molecule is O=C(CC(CC(=O)c1ccncc1)c1ccccc1)c1ccncc1. The minimum absolute atomic E-state index is 0.0128. The lowest BCUT2D eigenvalue weighted by Gasteiger charge is -2.16. The first kappa shape index (κ1) is 16.7. The van der Waals surface area contributed by atoms with Crippen LogP contribution in [-0.4, -0.2) is 21.5 Å². The number of Topliss-reactive ketones (excluding diaryl/α,β-unsaturated/α-hetero) is 2. The molecule has 4 heteroatoms. The average Bonchev–Trinajstić information content (AvgIpc) is 2.69. The summed E-state index contributed by atoms with van der Waals surface area (Å²) in [6, 6.07) is 16.5. The highest BCUT2D eigenvalue weighted by Crippen LogP contribution is 2.27. The van der Waals surface area contributed by atoms with Crippen molar-refractivity contribution in [1.29, 1.82) is 0 Å². The van der Waals surface area contributed by atoms with Gasteiger partial charge >= 0.3 is 0 Å². The Morgan fingerprint density at radius 3 is 1.56 bits per heavy atom. The van der Waals surface area contributed by atoms with E-state index < -0.39 is 0 Å². The summed E-state index contributed by atoms with van der Waals surface area (Å²) in [5.74, 6) is -0.139. The first-order valence-corrected chi connectivity index (χ1v) is 8.15. The van der Waals surface area contributed by atoms with Gasteiger partial charge in [0.15, 0.2) is 11.6 Å². The van der Waals surface area contributed by atoms with Crippen molar-refractivity contribution in [3.05, 3.63) is 96.1 Å². The molecule has 25 heavy (non-hydrogen) atoms. The van der Waals surface area contributed by atoms with Crippen molar-refractivity contribution in [2.24, 2.45) is 0 Å². The number of aromatic nitrogens is 2. The van der Waals surface area contributed by atoms with Gasteiger partial charge in [-0.05, 0) is 35.7 Å². The number of rotatable bonds is 7. The van der Waals surface area contributed by atoms with Crippen LogP contribution < -0.4 is 0 Å². The maximum Gasteiger partial charge on any atom is 0.163 e. The molecule has 0 saturated heterocycles. The van der Waals surface area contributed by atoms with Gasteiger partial charge in [-0.3, -0.25) is 19.6 Å². The first-order chi connectivity index (χ1) is 12.2. The summed E-state index contributed by atoms with van der Waals surface area (Å²) in [4.78, 5) is 33.1. The van der Waals surface area contributed by atoms with Crippen molar-refractivity contribution in [3.63, 3.8) is 0 Å². The Bertz CT molecular complexity index is 780. The Morgan fingerprint density at radius 1 is 0.680 bits per heavy atom. The molecule has 3 aromatic rings. The number of nitrogens with zero attached hydrogens (tertiary/aromatic N) is 2. The Morgan fingerprint density at radius 2 is 1.12 bits per heavy atom. The maximum atomic E-state index is 12.6. The van der Waals surface area contributed by atoms with E-state index in [1.54, 1.807) is 49.1 Å². The summed E-state index contributed by atoms with van der Waals surface area (Å²) < 4.78 is 0. The van der Waals surface area contributed by atoms with Gasteiger partial charge in [0.1, 0.15) is 0 Å². The fourth-order valence-corrected chi connectivity index (χ4v) is 2.79. The number of carbonyl (C=O) groups excluding carboxylic acids is 2. The smallest absolute Gasteiger partial charge is 0.163 e. The molecule has 0 spiro atoms. The number of ketones is 2. The maximum absolute atomic E-state index is 12.6. The molecule has 2 heterocycles. The average molecular weight is 330 g/mol. The minimum atomic E-state index is -0.164. The highest BCUT2D eigenvalue weighted by molar-refractivity contribution is 5.99. The van der Waals surface area contributed by atoms with Gasteiger partial charge in [0.25, 0.3) is 0 Å². The van der Waals surface area contributed by atoms with Crippen LogP contribution in [0.2, 0.25) is 0 Å². The van der Waals surface area contributed by atoms with Gasteiger partial charge in [0.05, 0.1) is 0 Å². The van der Waals surface area contributed by atoms with Crippen LogP contribution in [0.3, 0.4) is 0 Å². The van der Waals surface area contributed by atoms with E-state index in [9.17, 15) is 9.59 Å². The first-order valence-electron chi connectivity index (χ1n) is 8.15. The van der Waals surface area contributed by atoms with Crippen LogP contribution in [0.15, 0.2) is 79.4 Å². The standard InChI is InChI=1S/C21H18N2O2/c24-20(17-6-10-22-11-7-17)14-19(16-4-2-1-3-5-16)15-21(25)18-8-12-23-13-9-18/h1-13,19H,14-15H2. The summed E-state index contributed by atoms with van der Waals surface area (Å²) in [6.07, 6.45) is 6.98. The molecule has 3 rings (SSSR count). The van der Waals surface area contributed by atoms with Crippen LogP contribution >= 0.6 is 0 Å². The molecule has 0 atom stereocenters. The van der Waals surface area contributed by atoms with Crippen LogP contribution in [0.1, 0.15) is 45.0 Å². The predicted molar refractivity (Wildman–Crippen MR) is 95.6 cm³/mol. The van der Waals surface area contributed by atoms with E-state index >= 15 is 0 Å². The summed E-state index contributed by atoms with van der Waals surface area (Å²) in [6.45, 7) is 0. The molecular weight excluding hydrogens is 312 g/mol. The summed E-state index contributed by atoms with van der Waals surface area (Å²) in [5, 5.41) is 0. The largest absolute Gasteiger partial charge is 0.294 e. The highest BCUT2D eigenvalue weighted by Gasteiger charge is 2.21. The van der Waals surface area contributed by atoms with Crippen molar-refractivity contribution in [3.8, 4) is 0 Å². The lowest BCUT2D eigenvalue weighted by atomic mass is 9.86. The second-order valence-electron chi connectivity index (χ2n) is 5.83. The Hall–Kier alpha value is -3.14. The number of carbonyl (C=O) groups is 2. The third-order valence-corrected chi connectivity index (χ3v) is 4.14. The lowest BCUT2D eigenvalue weighted by molar-refractivity contribution is 0.0944. The molecule has 0 aliphatic heterocycles. The second-order valence-corrected chi connectivity index (χ2v) is 5.83. The molecule has 124 valence electrons. The summed E-state index contributed by atoms with van der Waals surface area (Å²) in [7, 11) is 0. The van der Waals surface area contributed by atoms with Crippen LogP contribution in [-0.2, 0) is 0 Å². The third kappa shape index (κ3) is 4.44. The monoisotopic (exact) mass is 330 g/mol.